The SMILES string of the molecule is CCc1cccc(-c2ccc3nnc(N)n3n2)c1. The van der Waals surface area contributed by atoms with E-state index in [1.54, 1.807) is 4.52 Å². The molecule has 0 aliphatic heterocycles. The molecule has 0 fully saturated rings. The van der Waals surface area contributed by atoms with E-state index < -0.39 is 0 Å². The van der Waals surface area contributed by atoms with Crippen LogP contribution in [0.1, 0.15) is 12.5 Å². The van der Waals surface area contributed by atoms with Gasteiger partial charge in [0.15, 0.2) is 5.65 Å². The Bertz CT molecular complexity index is 701. The van der Waals surface area contributed by atoms with Crippen molar-refractivity contribution in [3.8, 4) is 11.3 Å². The van der Waals surface area contributed by atoms with Crippen molar-refractivity contribution in [2.75, 3.05) is 5.73 Å². The number of aromatic nitrogens is 4. The van der Waals surface area contributed by atoms with E-state index in [0.29, 0.717) is 11.6 Å². The zero-order chi connectivity index (χ0) is 12.5. The predicted octanol–water partition coefficient (Wildman–Crippen LogP) is 1.94. The fourth-order valence-electron chi connectivity index (χ4n) is 1.91. The Morgan fingerprint density at radius 1 is 1.17 bits per heavy atom. The van der Waals surface area contributed by atoms with Gasteiger partial charge in [0.1, 0.15) is 0 Å². The second kappa shape index (κ2) is 4.10. The molecule has 0 unspecified atom stereocenters. The van der Waals surface area contributed by atoms with Crippen LogP contribution in [0.2, 0.25) is 0 Å². The third-order valence-corrected chi connectivity index (χ3v) is 2.92. The third kappa shape index (κ3) is 1.69. The van der Waals surface area contributed by atoms with Gasteiger partial charge in [0.2, 0.25) is 5.95 Å². The van der Waals surface area contributed by atoms with Gasteiger partial charge >= 0.3 is 0 Å². The summed E-state index contributed by atoms with van der Waals surface area (Å²) in [6, 6.07) is 12.1. The lowest BCUT2D eigenvalue weighted by atomic mass is 10.1. The molecule has 0 amide bonds. The zero-order valence-electron chi connectivity index (χ0n) is 10.0. The molecule has 90 valence electrons. The van der Waals surface area contributed by atoms with Crippen molar-refractivity contribution in [1.29, 1.82) is 0 Å². The number of nitrogen functional groups attached to an aromatic ring is 1. The van der Waals surface area contributed by atoms with Crippen molar-refractivity contribution < 1.29 is 0 Å². The number of hydrogen-bond donors (Lipinski definition) is 1. The Kier molecular flexibility index (Phi) is 2.44. The smallest absolute Gasteiger partial charge is 0.243 e. The maximum Gasteiger partial charge on any atom is 0.243 e. The van der Waals surface area contributed by atoms with E-state index in [2.05, 4.69) is 34.4 Å². The summed E-state index contributed by atoms with van der Waals surface area (Å²) in [5.41, 5.74) is 9.58. The molecule has 2 heterocycles. The number of anilines is 1. The first-order valence-electron chi connectivity index (χ1n) is 5.85. The highest BCUT2D eigenvalue weighted by Crippen LogP contribution is 2.19. The molecule has 2 aromatic heterocycles. The van der Waals surface area contributed by atoms with Crippen LogP contribution < -0.4 is 5.73 Å². The molecule has 0 saturated heterocycles. The molecule has 0 bridgehead atoms. The minimum atomic E-state index is 0.304. The second-order valence-corrected chi connectivity index (χ2v) is 4.10. The molecule has 18 heavy (non-hydrogen) atoms. The van der Waals surface area contributed by atoms with Crippen LogP contribution in [0.3, 0.4) is 0 Å². The van der Waals surface area contributed by atoms with Gasteiger partial charge in [0.05, 0.1) is 5.69 Å². The number of nitrogens with zero attached hydrogens (tertiary/aromatic N) is 4. The van der Waals surface area contributed by atoms with Crippen molar-refractivity contribution >= 4 is 11.6 Å². The maximum absolute atomic E-state index is 5.71. The van der Waals surface area contributed by atoms with Crippen LogP contribution in [-0.2, 0) is 6.42 Å². The van der Waals surface area contributed by atoms with Gasteiger partial charge in [0, 0.05) is 5.56 Å². The summed E-state index contributed by atoms with van der Waals surface area (Å²) >= 11 is 0. The standard InChI is InChI=1S/C13H13N5/c1-2-9-4-3-5-10(8-9)11-6-7-12-15-16-13(14)18(12)17-11/h3-8H,2H2,1H3,(H2,14,16). The summed E-state index contributed by atoms with van der Waals surface area (Å²) in [6.45, 7) is 2.13. The van der Waals surface area contributed by atoms with Gasteiger partial charge in [-0.05, 0) is 30.2 Å². The summed E-state index contributed by atoms with van der Waals surface area (Å²) in [5, 5.41) is 12.2. The maximum atomic E-state index is 5.71. The average molecular weight is 239 g/mol. The average Bonchev–Trinajstić information content (AvgIpc) is 2.80. The first-order valence-corrected chi connectivity index (χ1v) is 5.85. The van der Waals surface area contributed by atoms with Gasteiger partial charge in [-0.1, -0.05) is 25.1 Å². The van der Waals surface area contributed by atoms with E-state index in [0.717, 1.165) is 17.7 Å². The highest BCUT2D eigenvalue weighted by Gasteiger charge is 2.06. The van der Waals surface area contributed by atoms with Crippen LogP contribution in [0.4, 0.5) is 5.95 Å². The lowest BCUT2D eigenvalue weighted by Crippen LogP contribution is -1.99. The molecule has 0 atom stereocenters. The minimum Gasteiger partial charge on any atom is -0.366 e. The van der Waals surface area contributed by atoms with Gasteiger partial charge in [-0.3, -0.25) is 0 Å². The number of fused-ring (bicyclic) bond motifs is 1. The fraction of sp³-hybridized carbons (Fsp3) is 0.154. The molecule has 5 nitrogen and oxygen atoms in total. The van der Waals surface area contributed by atoms with Crippen molar-refractivity contribution in [2.24, 2.45) is 0 Å². The first-order chi connectivity index (χ1) is 8.78. The van der Waals surface area contributed by atoms with Crippen LogP contribution in [0, 0.1) is 0 Å². The Labute approximate surface area is 104 Å². The van der Waals surface area contributed by atoms with Crippen LogP contribution in [-0.4, -0.2) is 19.8 Å². The van der Waals surface area contributed by atoms with Crippen molar-refractivity contribution in [3.05, 3.63) is 42.0 Å². The molecule has 0 aliphatic rings. The molecule has 3 rings (SSSR count). The Balaban J connectivity index is 2.15. The van der Waals surface area contributed by atoms with E-state index in [9.17, 15) is 0 Å². The van der Waals surface area contributed by atoms with Gasteiger partial charge in [-0.15, -0.1) is 10.2 Å². The third-order valence-electron chi connectivity index (χ3n) is 2.92. The molecular weight excluding hydrogens is 226 g/mol. The monoisotopic (exact) mass is 239 g/mol. The van der Waals surface area contributed by atoms with Crippen molar-refractivity contribution in [3.63, 3.8) is 0 Å². The number of benzene rings is 1. The van der Waals surface area contributed by atoms with E-state index >= 15 is 0 Å². The lowest BCUT2D eigenvalue weighted by Gasteiger charge is -2.03. The Morgan fingerprint density at radius 3 is 2.89 bits per heavy atom. The van der Waals surface area contributed by atoms with E-state index in [4.69, 9.17) is 5.73 Å². The summed E-state index contributed by atoms with van der Waals surface area (Å²) < 4.78 is 1.55. The molecular formula is C13H13N5. The van der Waals surface area contributed by atoms with Crippen molar-refractivity contribution in [2.45, 2.75) is 13.3 Å². The first kappa shape index (κ1) is 10.7. The van der Waals surface area contributed by atoms with Crippen LogP contribution in [0.15, 0.2) is 36.4 Å². The summed E-state index contributed by atoms with van der Waals surface area (Å²) in [7, 11) is 0. The van der Waals surface area contributed by atoms with Crippen LogP contribution in [0.5, 0.6) is 0 Å². The molecule has 0 saturated carbocycles. The summed E-state index contributed by atoms with van der Waals surface area (Å²) in [6.07, 6.45) is 1.00. The van der Waals surface area contributed by atoms with Crippen molar-refractivity contribution in [1.82, 2.24) is 19.8 Å². The molecule has 5 heteroatoms. The number of hydrogen-bond acceptors (Lipinski definition) is 4. The molecule has 0 spiro atoms. The van der Waals surface area contributed by atoms with Gasteiger partial charge in [-0.2, -0.15) is 9.61 Å². The highest BCUT2D eigenvalue weighted by atomic mass is 15.4. The fourth-order valence-corrected chi connectivity index (χ4v) is 1.91. The largest absolute Gasteiger partial charge is 0.366 e. The Hall–Kier alpha value is -2.43. The molecule has 0 radical (unpaired) electrons. The normalized spacial score (nSPS) is 10.9. The zero-order valence-corrected chi connectivity index (χ0v) is 10.0. The number of nitrogens with two attached hydrogens (primary N) is 1. The van der Waals surface area contributed by atoms with Gasteiger partial charge in [-0.25, -0.2) is 0 Å². The Morgan fingerprint density at radius 2 is 2.06 bits per heavy atom. The molecule has 0 aliphatic carbocycles. The topological polar surface area (TPSA) is 69.1 Å². The number of aryl methyl sites for hydroxylation is 1. The van der Waals surface area contributed by atoms with Crippen LogP contribution in [0.25, 0.3) is 16.9 Å². The quantitative estimate of drug-likeness (QED) is 0.742. The minimum absolute atomic E-state index is 0.304. The second-order valence-electron chi connectivity index (χ2n) is 4.10. The molecule has 2 N–H and O–H groups in total. The van der Waals surface area contributed by atoms with E-state index in [-0.39, 0.29) is 0 Å². The molecule has 3 aromatic rings. The lowest BCUT2D eigenvalue weighted by molar-refractivity contribution is 0.946. The molecule has 1 aromatic carbocycles. The number of rotatable bonds is 2. The van der Waals surface area contributed by atoms with E-state index in [1.165, 1.54) is 5.56 Å². The highest BCUT2D eigenvalue weighted by molar-refractivity contribution is 5.61. The summed E-state index contributed by atoms with van der Waals surface area (Å²) in [5.74, 6) is 0.304. The summed E-state index contributed by atoms with van der Waals surface area (Å²) in [4.78, 5) is 0. The predicted molar refractivity (Wildman–Crippen MR) is 70.0 cm³/mol. The van der Waals surface area contributed by atoms with Gasteiger partial charge in [0.25, 0.3) is 0 Å². The van der Waals surface area contributed by atoms with Crippen LogP contribution >= 0.6 is 0 Å². The van der Waals surface area contributed by atoms with E-state index in [1.807, 2.05) is 24.3 Å². The van der Waals surface area contributed by atoms with Gasteiger partial charge < -0.3 is 5.73 Å².